The standard InChI is InChI=1S/C11H11Cl2N7OS/c12-7-2-1-6(8(13)3-7)4-16-17-10-18-19-11(20(10)15)22-5-9(14)21/h1-4H,5,15H2,(H2,14,21)(H,17,18)/b16-4+. The number of nitrogens with zero attached hydrogens (tertiary/aromatic N) is 4. The van der Waals surface area contributed by atoms with Crippen LogP contribution in [0.3, 0.4) is 0 Å². The fraction of sp³-hybridized carbons (Fsp3) is 0.0909. The van der Waals surface area contributed by atoms with Gasteiger partial charge in [-0.15, -0.1) is 10.2 Å². The Morgan fingerprint density at radius 3 is 2.91 bits per heavy atom. The largest absolute Gasteiger partial charge is 0.369 e. The van der Waals surface area contributed by atoms with Crippen molar-refractivity contribution in [3.63, 3.8) is 0 Å². The van der Waals surface area contributed by atoms with Crippen LogP contribution >= 0.6 is 35.0 Å². The molecule has 22 heavy (non-hydrogen) atoms. The minimum absolute atomic E-state index is 0.0545. The van der Waals surface area contributed by atoms with E-state index < -0.39 is 5.91 Å². The number of aromatic nitrogens is 3. The van der Waals surface area contributed by atoms with E-state index in [2.05, 4.69) is 20.7 Å². The number of thioether (sulfide) groups is 1. The number of hydrogen-bond acceptors (Lipinski definition) is 7. The van der Waals surface area contributed by atoms with Gasteiger partial charge in [-0.05, 0) is 12.1 Å². The van der Waals surface area contributed by atoms with Gasteiger partial charge in [0.2, 0.25) is 11.1 Å². The Morgan fingerprint density at radius 2 is 2.23 bits per heavy atom. The summed E-state index contributed by atoms with van der Waals surface area (Å²) in [5, 5.41) is 12.9. The van der Waals surface area contributed by atoms with Crippen LogP contribution in [0.5, 0.6) is 0 Å². The molecule has 0 radical (unpaired) electrons. The summed E-state index contributed by atoms with van der Waals surface area (Å²) in [5.74, 6) is 5.54. The van der Waals surface area contributed by atoms with Gasteiger partial charge in [-0.3, -0.25) is 4.79 Å². The molecule has 5 N–H and O–H groups in total. The molecule has 11 heteroatoms. The highest BCUT2D eigenvalue weighted by atomic mass is 35.5. The van der Waals surface area contributed by atoms with Crippen LogP contribution < -0.4 is 17.0 Å². The maximum Gasteiger partial charge on any atom is 0.264 e. The number of hydrogen-bond donors (Lipinski definition) is 3. The molecule has 0 saturated carbocycles. The van der Waals surface area contributed by atoms with E-state index in [1.165, 1.54) is 6.21 Å². The number of carbonyl (C=O) groups is 1. The summed E-state index contributed by atoms with van der Waals surface area (Å²) in [7, 11) is 0. The summed E-state index contributed by atoms with van der Waals surface area (Å²) >= 11 is 12.9. The number of nitrogens with two attached hydrogens (primary N) is 2. The third-order valence-electron chi connectivity index (χ3n) is 2.34. The first-order chi connectivity index (χ1) is 10.5. The van der Waals surface area contributed by atoms with Crippen LogP contribution in [0.2, 0.25) is 10.0 Å². The first kappa shape index (κ1) is 16.4. The molecule has 1 aromatic carbocycles. The van der Waals surface area contributed by atoms with Crippen LogP contribution in [0, 0.1) is 0 Å². The normalized spacial score (nSPS) is 11.0. The number of primary amides is 1. The van der Waals surface area contributed by atoms with Crippen molar-refractivity contribution in [2.45, 2.75) is 5.16 Å². The number of rotatable bonds is 6. The SMILES string of the molecule is NC(=O)CSc1nnc(N/N=C/c2ccc(Cl)cc2Cl)n1N. The summed E-state index contributed by atoms with van der Waals surface area (Å²) in [6.07, 6.45) is 1.49. The molecule has 2 aromatic rings. The van der Waals surface area contributed by atoms with Crippen LogP contribution in [-0.4, -0.2) is 32.7 Å². The molecule has 0 unspecified atom stereocenters. The quantitative estimate of drug-likeness (QED) is 0.309. The van der Waals surface area contributed by atoms with Crippen molar-refractivity contribution in [2.24, 2.45) is 10.8 Å². The summed E-state index contributed by atoms with van der Waals surface area (Å²) in [6, 6.07) is 5.02. The minimum atomic E-state index is -0.474. The lowest BCUT2D eigenvalue weighted by molar-refractivity contribution is -0.115. The Bertz CT molecular complexity index is 718. The number of nitrogens with one attached hydrogen (secondary N) is 1. The molecule has 1 heterocycles. The van der Waals surface area contributed by atoms with Crippen molar-refractivity contribution in [3.05, 3.63) is 33.8 Å². The fourth-order valence-corrected chi connectivity index (χ4v) is 2.41. The molecule has 8 nitrogen and oxygen atoms in total. The zero-order valence-corrected chi connectivity index (χ0v) is 13.4. The smallest absolute Gasteiger partial charge is 0.264 e. The first-order valence-corrected chi connectivity index (χ1v) is 7.57. The van der Waals surface area contributed by atoms with Crippen molar-refractivity contribution in [3.8, 4) is 0 Å². The Hall–Kier alpha value is -1.97. The Morgan fingerprint density at radius 1 is 1.45 bits per heavy atom. The summed E-state index contributed by atoms with van der Waals surface area (Å²) in [4.78, 5) is 10.7. The number of hydrazone groups is 1. The van der Waals surface area contributed by atoms with Gasteiger partial charge in [-0.25, -0.2) is 10.1 Å². The van der Waals surface area contributed by atoms with Crippen LogP contribution in [0.4, 0.5) is 5.95 Å². The first-order valence-electron chi connectivity index (χ1n) is 5.83. The second kappa shape index (κ2) is 7.34. The minimum Gasteiger partial charge on any atom is -0.369 e. The molecular weight excluding hydrogens is 349 g/mol. The van der Waals surface area contributed by atoms with E-state index in [1.54, 1.807) is 18.2 Å². The molecule has 1 aromatic heterocycles. The van der Waals surface area contributed by atoms with E-state index in [4.69, 9.17) is 34.8 Å². The molecule has 0 aliphatic carbocycles. The zero-order chi connectivity index (χ0) is 16.1. The van der Waals surface area contributed by atoms with Crippen LogP contribution in [-0.2, 0) is 4.79 Å². The predicted octanol–water partition coefficient (Wildman–Crippen LogP) is 1.32. The average Bonchev–Trinajstić information content (AvgIpc) is 2.80. The molecule has 0 atom stereocenters. The van der Waals surface area contributed by atoms with Crippen molar-refractivity contribution in [1.29, 1.82) is 0 Å². The molecule has 116 valence electrons. The van der Waals surface area contributed by atoms with Crippen LogP contribution in [0.25, 0.3) is 0 Å². The molecule has 0 fully saturated rings. The van der Waals surface area contributed by atoms with Gasteiger partial charge in [0.1, 0.15) is 0 Å². The Balaban J connectivity index is 2.02. The van der Waals surface area contributed by atoms with E-state index in [9.17, 15) is 4.79 Å². The van der Waals surface area contributed by atoms with Gasteiger partial charge in [0.15, 0.2) is 0 Å². The molecule has 0 saturated heterocycles. The maximum atomic E-state index is 10.7. The number of amides is 1. The monoisotopic (exact) mass is 359 g/mol. The van der Waals surface area contributed by atoms with Crippen molar-refractivity contribution in [1.82, 2.24) is 14.9 Å². The van der Waals surface area contributed by atoms with Crippen LogP contribution in [0.1, 0.15) is 5.56 Å². The highest BCUT2D eigenvalue weighted by Crippen LogP contribution is 2.19. The second-order valence-electron chi connectivity index (χ2n) is 3.97. The van der Waals surface area contributed by atoms with Gasteiger partial charge >= 0.3 is 0 Å². The van der Waals surface area contributed by atoms with Gasteiger partial charge in [0.25, 0.3) is 5.95 Å². The lowest BCUT2D eigenvalue weighted by atomic mass is 10.2. The number of halogens is 2. The predicted molar refractivity (Wildman–Crippen MR) is 87.8 cm³/mol. The van der Waals surface area contributed by atoms with Crippen molar-refractivity contribution in [2.75, 3.05) is 17.0 Å². The molecule has 2 rings (SSSR count). The van der Waals surface area contributed by atoms with E-state index in [-0.39, 0.29) is 11.7 Å². The van der Waals surface area contributed by atoms with E-state index >= 15 is 0 Å². The molecule has 1 amide bonds. The van der Waals surface area contributed by atoms with E-state index in [1.807, 2.05) is 0 Å². The van der Waals surface area contributed by atoms with Gasteiger partial charge in [0.05, 0.1) is 17.0 Å². The maximum absolute atomic E-state index is 10.7. The lowest BCUT2D eigenvalue weighted by Crippen LogP contribution is -2.16. The highest BCUT2D eigenvalue weighted by molar-refractivity contribution is 7.99. The third-order valence-corrected chi connectivity index (χ3v) is 3.87. The number of benzene rings is 1. The second-order valence-corrected chi connectivity index (χ2v) is 5.75. The summed E-state index contributed by atoms with van der Waals surface area (Å²) < 4.78 is 1.16. The molecule has 0 aliphatic rings. The van der Waals surface area contributed by atoms with Gasteiger partial charge in [-0.1, -0.05) is 41.0 Å². The van der Waals surface area contributed by atoms with E-state index in [0.29, 0.717) is 20.8 Å². The van der Waals surface area contributed by atoms with Gasteiger partial charge < -0.3 is 11.6 Å². The molecular formula is C11H11Cl2N7OS. The fourth-order valence-electron chi connectivity index (χ4n) is 1.35. The Kier molecular flexibility index (Phi) is 5.47. The molecule has 0 bridgehead atoms. The third kappa shape index (κ3) is 4.26. The van der Waals surface area contributed by atoms with Gasteiger partial charge in [0, 0.05) is 10.6 Å². The van der Waals surface area contributed by atoms with Crippen molar-refractivity contribution >= 4 is 53.0 Å². The van der Waals surface area contributed by atoms with E-state index in [0.717, 1.165) is 16.4 Å². The number of anilines is 1. The summed E-state index contributed by atoms with van der Waals surface area (Å²) in [6.45, 7) is 0. The number of carbonyl (C=O) groups excluding carboxylic acids is 1. The van der Waals surface area contributed by atoms with Crippen molar-refractivity contribution < 1.29 is 4.79 Å². The Labute approximate surface area is 139 Å². The average molecular weight is 360 g/mol. The topological polar surface area (TPSA) is 124 Å². The highest BCUT2D eigenvalue weighted by Gasteiger charge is 2.10. The molecule has 0 aliphatic heterocycles. The zero-order valence-electron chi connectivity index (χ0n) is 11.0. The van der Waals surface area contributed by atoms with Crippen LogP contribution in [0.15, 0.2) is 28.5 Å². The molecule has 0 spiro atoms. The van der Waals surface area contributed by atoms with Gasteiger partial charge in [-0.2, -0.15) is 5.10 Å². The summed E-state index contributed by atoms with van der Waals surface area (Å²) in [5.41, 5.74) is 8.34. The lowest BCUT2D eigenvalue weighted by Gasteiger charge is -2.02. The number of nitrogen functional groups attached to an aromatic ring is 1.